The first-order chi connectivity index (χ1) is 69.5. The number of cyclic esters (lactones) is 2. The highest BCUT2D eigenvalue weighted by molar-refractivity contribution is 7.88. The molecule has 7 rings (SSSR count). The number of ether oxygens (including phenoxy) is 8. The molecule has 6 aliphatic heterocycles. The number of nitrogens with zero attached hydrogens (tertiary/aromatic N) is 7. The minimum Gasteiger partial charge on any atom is -0.462 e. The first-order valence-electron chi connectivity index (χ1n) is 49.0. The average Bonchev–Trinajstić information content (AvgIpc) is 0.927. The number of aromatic nitrogens is 2. The maximum Gasteiger partial charge on any atom is 0.421 e. The Labute approximate surface area is 863 Å². The number of esters is 2. The Kier molecular flexibility index (Phi) is 59.3. The van der Waals surface area contributed by atoms with E-state index in [0.29, 0.717) is 0 Å². The summed E-state index contributed by atoms with van der Waals surface area (Å²) in [6, 6.07) is -6.15. The van der Waals surface area contributed by atoms with Crippen LogP contribution < -0.4 is 31.9 Å². The number of aliphatic hydroxyl groups is 20. The number of aliphatic hydroxyl groups excluding tert-OH is 18. The van der Waals surface area contributed by atoms with Crippen molar-refractivity contribution in [3.8, 4) is 0 Å². The number of hydrogen-bond acceptors (Lipinski definition) is 38. The summed E-state index contributed by atoms with van der Waals surface area (Å²) >= 11 is 0. The van der Waals surface area contributed by atoms with Gasteiger partial charge in [-0.2, -0.15) is 8.42 Å². The molecule has 1 aromatic rings. The van der Waals surface area contributed by atoms with E-state index in [1.165, 1.54) is 33.4 Å². The number of amides is 4. The van der Waals surface area contributed by atoms with Gasteiger partial charge in [-0.05, 0) is 71.8 Å². The van der Waals surface area contributed by atoms with Gasteiger partial charge in [0.1, 0.15) is 36.3 Å². The van der Waals surface area contributed by atoms with Gasteiger partial charge in [0.2, 0.25) is 4.91 Å². The Morgan fingerprint density at radius 2 is 0.811 bits per heavy atom. The maximum atomic E-state index is 12.7. The number of fused-ring (bicyclic) bond motifs is 4. The zero-order chi connectivity index (χ0) is 109. The van der Waals surface area contributed by atoms with Gasteiger partial charge >= 0.3 is 34.2 Å². The minimum atomic E-state index is -3.84. The summed E-state index contributed by atoms with van der Waals surface area (Å²) in [5, 5.41) is 232. The quantitative estimate of drug-likeness (QED) is 0.0729. The lowest BCUT2D eigenvalue weighted by Gasteiger charge is -2.46. The SMILES string of the molecule is C.CNC(=O)N[C@H]1C2C[C@@H](O[C@@H]3O[C@H](C)[C@@H](O)[C@H](N)[C@@H]3O)/C=C/C=C/C=C/C=C/C=C/C=C/C=C/[C@H](C)[C@@H](O)[C@@H](C)[C@H](C)OC(=O)C[C@H](O)C[C@H](O)CC[C@@H](O)[C@H](O)C[C@H](O)C[C@](O)(C[C@@H]1O)O2.CNC(=O)N[C@H]1C2C[C@@H](O[C@@H]3O[C@H](C)[C@@H](O)[C@H](N=[N+]=[N-])[C@@H]3O)/C=C/C=C/C=C/C=C/C=C/C=C/C=C/[C@H](C)[C@@H](O)[C@@H](C)[C@H](C)OC(=O)C[C@H](O)C[C@H](O)CC[C@@H](O)[C@H](O)C[C@H](O)C[C@](O)(C[C@@H]1O)O2.N=[N+]=NS(=O)(=O)n1ccnc1. The molecule has 0 aromatic carbocycles. The molecular formula is C100H160N13O34S+. The van der Waals surface area contributed by atoms with Crippen LogP contribution in [0.4, 0.5) is 9.59 Å². The van der Waals surface area contributed by atoms with Crippen molar-refractivity contribution in [3.05, 3.63) is 199 Å². The Morgan fingerprint density at radius 1 is 0.459 bits per heavy atom. The summed E-state index contributed by atoms with van der Waals surface area (Å²) in [5.74, 6) is -7.43. The molecule has 48 heteroatoms. The summed E-state index contributed by atoms with van der Waals surface area (Å²) in [7, 11) is -1.12. The van der Waals surface area contributed by atoms with E-state index in [0.717, 1.165) is 10.3 Å². The number of hydrogen-bond donors (Lipinski definition) is 26. The van der Waals surface area contributed by atoms with Crippen LogP contribution in [0.2, 0.25) is 0 Å². The molecule has 2 unspecified atom stereocenters. The van der Waals surface area contributed by atoms with E-state index in [4.69, 9.17) is 54.7 Å². The molecule has 0 radical (unpaired) electrons. The molecule has 834 valence electrons. The second-order valence-corrected chi connectivity index (χ2v) is 39.1. The lowest BCUT2D eigenvalue weighted by Crippen LogP contribution is -2.63. The third-order valence-electron chi connectivity index (χ3n) is 25.5. The van der Waals surface area contributed by atoms with Crippen molar-refractivity contribution < 1.29 is 168 Å². The van der Waals surface area contributed by atoms with Crippen LogP contribution in [0.3, 0.4) is 0 Å². The van der Waals surface area contributed by atoms with Crippen molar-refractivity contribution in [2.75, 3.05) is 14.1 Å². The fourth-order valence-corrected chi connectivity index (χ4v) is 17.3. The predicted molar refractivity (Wildman–Crippen MR) is 540 cm³/mol. The molecule has 0 aliphatic carbocycles. The summed E-state index contributed by atoms with van der Waals surface area (Å²) in [4.78, 5) is 59.1. The van der Waals surface area contributed by atoms with Crippen molar-refractivity contribution >= 4 is 34.2 Å². The van der Waals surface area contributed by atoms with Gasteiger partial charge in [-0.15, -0.1) is 0 Å². The smallest absolute Gasteiger partial charge is 0.421 e. The summed E-state index contributed by atoms with van der Waals surface area (Å²) in [6.45, 7) is 13.5. The number of rotatable bonds is 9. The third-order valence-corrected chi connectivity index (χ3v) is 26.5. The van der Waals surface area contributed by atoms with Crippen molar-refractivity contribution in [2.24, 2.45) is 39.0 Å². The van der Waals surface area contributed by atoms with E-state index in [2.05, 4.69) is 45.7 Å². The standard InChI is InChI=1S/C48H75N5O16.C48H77N3O16.C3H4N5O2S.CH4/c1-28-18-16-14-12-10-8-6-7-9-11-13-15-17-19-35(68-46-45(63)42(52-53-49)44(62)31(4)67-46)25-39-41(51-47(64)50-5)38(59)27-48(65,69-39)26-34(56)23-37(58)36(57)21-20-32(54)22-33(55)24-40(60)66-30(3)29(2)43(28)61;1-28-18-16-14-12-10-8-6-7-9-11-13-15-17-19-35(66-46-45(61)41(49)44(60)31(4)65-46)25-39-42(51-47(62)50-5)38(57)27-48(63,67-39)26-34(54)23-37(56)36(55)21-20-32(52)22-33(53)24-40(58)64-30(3)29(2)43(28)59;4-6-7-11(9,10)8-2-1-5-3-8;/h6-19,28-39,41-46,54-59,61-63,65H,20-27H2,1-5H3,(H2,50,51,64);6-19,28-39,41-46,52-57,59-61,63H,20-27,49H2,1-5H3,(H2,50,51,62);1-4H;1H4/q;;+1;/b2*7-6+,10-8+,11-9+,14-12+,15-13+,18-16+,19-17+;;/t28-,29-,30-,31+,32+,33+,34-,35-,36+,37+,38-,39?,41+,42-,43+,44+,45-,46-,48+;28-,29-,30-,31+,32+,33+,34-,35-,36+,37+,38-,39?,41-,42+,43+,44+,45-,46-,48+;;/m00../s1. The summed E-state index contributed by atoms with van der Waals surface area (Å²) < 4.78 is 72.3. The molecule has 27 N–H and O–H groups in total. The lowest BCUT2D eigenvalue weighted by molar-refractivity contribution is -0.303. The number of carbonyl (C=O) groups is 4. The normalized spacial score (nSPS) is 41.0. The van der Waals surface area contributed by atoms with Gasteiger partial charge in [-0.1, -0.05) is 210 Å². The monoisotopic (exact) mass is 2120 g/mol. The molecule has 4 amide bonds. The van der Waals surface area contributed by atoms with Crippen LogP contribution in [-0.4, -0.2) is 365 Å². The minimum absolute atomic E-state index is 0. The topological polar surface area (TPSA) is 772 Å². The van der Waals surface area contributed by atoms with Gasteiger partial charge in [0.25, 0.3) is 4.52 Å². The maximum absolute atomic E-state index is 12.7. The second-order valence-electron chi connectivity index (χ2n) is 37.6. The van der Waals surface area contributed by atoms with Crippen molar-refractivity contribution in [3.63, 3.8) is 0 Å². The van der Waals surface area contributed by atoms with E-state index in [1.807, 2.05) is 68.5 Å². The van der Waals surface area contributed by atoms with Gasteiger partial charge in [-0.3, -0.25) is 9.59 Å². The van der Waals surface area contributed by atoms with Crippen LogP contribution in [0.15, 0.2) is 198 Å². The van der Waals surface area contributed by atoms with E-state index < -0.39 is 304 Å². The van der Waals surface area contributed by atoms with E-state index in [9.17, 15) is 130 Å². The van der Waals surface area contributed by atoms with Crippen molar-refractivity contribution in [1.82, 2.24) is 35.1 Å². The Hall–Kier alpha value is -9.46. The fraction of sp³-hybridized carbons (Fsp3) is 0.650. The van der Waals surface area contributed by atoms with Crippen LogP contribution in [0.25, 0.3) is 10.4 Å². The Bertz CT molecular complexity index is 4770. The summed E-state index contributed by atoms with van der Waals surface area (Å²) in [6.07, 6.45) is 12.5. The highest BCUT2D eigenvalue weighted by atomic mass is 32.2. The molecule has 4 bridgehead atoms. The van der Waals surface area contributed by atoms with Gasteiger partial charge in [0.05, 0.1) is 171 Å². The van der Waals surface area contributed by atoms with Crippen molar-refractivity contribution in [1.29, 1.82) is 5.53 Å². The number of allylic oxidation sites excluding steroid dienone is 24. The number of azide groups is 1. The van der Waals surface area contributed by atoms with Crippen LogP contribution >= 0.6 is 0 Å². The zero-order valence-electron chi connectivity index (χ0n) is 84.3. The molecule has 148 heavy (non-hydrogen) atoms. The number of carbonyl (C=O) groups excluding carboxylic acids is 4. The molecular weight excluding hydrogens is 1960 g/mol. The number of urea groups is 2. The molecule has 38 atom stereocenters. The van der Waals surface area contributed by atoms with Crippen LogP contribution in [0.5, 0.6) is 0 Å². The first-order valence-corrected chi connectivity index (χ1v) is 50.4. The van der Waals surface area contributed by atoms with Crippen LogP contribution in [-0.2, 0) is 57.7 Å². The van der Waals surface area contributed by atoms with Gasteiger partial charge in [0.15, 0.2) is 24.2 Å². The molecule has 6 aliphatic rings. The van der Waals surface area contributed by atoms with E-state index >= 15 is 0 Å². The molecule has 4 saturated heterocycles. The molecule has 1 aromatic heterocycles. The van der Waals surface area contributed by atoms with Crippen molar-refractivity contribution in [2.45, 2.75) is 373 Å². The predicted octanol–water partition coefficient (Wildman–Crippen LogP) is 2.13. The highest BCUT2D eigenvalue weighted by Gasteiger charge is 2.52. The van der Waals surface area contributed by atoms with Gasteiger partial charge in [-0.25, -0.2) is 18.5 Å². The fourth-order valence-electron chi connectivity index (χ4n) is 16.7. The second kappa shape index (κ2) is 67.1. The Balaban J connectivity index is 0.000000553. The molecule has 7 heterocycles. The van der Waals surface area contributed by atoms with E-state index in [-0.39, 0.29) is 70.6 Å². The van der Waals surface area contributed by atoms with Crippen LogP contribution in [0, 0.1) is 29.2 Å². The molecule has 0 spiro atoms. The highest BCUT2D eigenvalue weighted by Crippen LogP contribution is 2.39. The molecule has 4 fully saturated rings. The lowest BCUT2D eigenvalue weighted by atomic mass is 9.87. The number of nitrogens with one attached hydrogen (secondary N) is 5. The largest absolute Gasteiger partial charge is 0.462 e. The Morgan fingerprint density at radius 3 is 1.16 bits per heavy atom. The van der Waals surface area contributed by atoms with Gasteiger partial charge < -0.3 is 167 Å². The van der Waals surface area contributed by atoms with E-state index in [1.54, 1.807) is 150 Å². The summed E-state index contributed by atoms with van der Waals surface area (Å²) in [5.41, 5.74) is 21.4. The number of imidazole rings is 1. The number of nitrogens with two attached hydrogens (primary N) is 1. The van der Waals surface area contributed by atoms with Crippen LogP contribution in [0.1, 0.15) is 166 Å². The first kappa shape index (κ1) is 131. The molecule has 0 saturated carbocycles. The zero-order valence-corrected chi connectivity index (χ0v) is 85.1. The van der Waals surface area contributed by atoms with Gasteiger partial charge in [0, 0.05) is 106 Å². The molecule has 47 nitrogen and oxygen atoms in total. The third kappa shape index (κ3) is 46.4. The average molecular weight is 2120 g/mol.